The van der Waals surface area contributed by atoms with Gasteiger partial charge in [-0.15, -0.1) is 0 Å². The number of fused-ring (bicyclic) bond motifs is 2. The third-order valence-corrected chi connectivity index (χ3v) is 3.96. The number of carbonyl (C=O) groups is 2. The summed E-state index contributed by atoms with van der Waals surface area (Å²) in [5.74, 6) is -0.439. The van der Waals surface area contributed by atoms with E-state index in [4.69, 9.17) is 0 Å². The Kier molecular flexibility index (Phi) is 2.28. The maximum absolute atomic E-state index is 12.3. The van der Waals surface area contributed by atoms with Crippen molar-refractivity contribution in [1.29, 1.82) is 0 Å². The van der Waals surface area contributed by atoms with Gasteiger partial charge in [-0.25, -0.2) is 0 Å². The smallest absolute Gasteiger partial charge is 0.177 e. The monoisotopic (exact) mass is 230 g/mol. The van der Waals surface area contributed by atoms with E-state index in [1.165, 1.54) is 6.07 Å². The second-order valence-corrected chi connectivity index (χ2v) is 4.98. The zero-order valence-corrected chi connectivity index (χ0v) is 9.48. The first-order valence-corrected chi connectivity index (χ1v) is 6.06. The minimum Gasteiger partial charge on any atom is -0.507 e. The number of aromatic hydroxyl groups is 1. The first-order chi connectivity index (χ1) is 8.18. The van der Waals surface area contributed by atoms with Crippen molar-refractivity contribution in [2.24, 2.45) is 11.8 Å². The molecule has 0 bridgehead atoms. The van der Waals surface area contributed by atoms with Gasteiger partial charge < -0.3 is 5.11 Å². The molecular formula is C14H14O3. The van der Waals surface area contributed by atoms with Crippen LogP contribution in [-0.2, 0) is 11.2 Å². The van der Waals surface area contributed by atoms with E-state index in [-0.39, 0.29) is 23.2 Å². The summed E-state index contributed by atoms with van der Waals surface area (Å²) in [6, 6.07) is 5.15. The molecule has 3 nitrogen and oxygen atoms in total. The van der Waals surface area contributed by atoms with Crippen molar-refractivity contribution in [3.05, 3.63) is 29.3 Å². The van der Waals surface area contributed by atoms with Crippen LogP contribution >= 0.6 is 0 Å². The molecule has 2 unspecified atom stereocenters. The molecule has 1 fully saturated rings. The van der Waals surface area contributed by atoms with Gasteiger partial charge in [0, 0.05) is 6.42 Å². The molecule has 1 aromatic carbocycles. The lowest BCUT2D eigenvalue weighted by molar-refractivity contribution is -0.124. The van der Waals surface area contributed by atoms with Gasteiger partial charge in [-0.2, -0.15) is 0 Å². The molecule has 2 atom stereocenters. The summed E-state index contributed by atoms with van der Waals surface area (Å²) in [4.78, 5) is 24.2. The van der Waals surface area contributed by atoms with E-state index >= 15 is 0 Å². The van der Waals surface area contributed by atoms with E-state index in [0.29, 0.717) is 12.0 Å². The van der Waals surface area contributed by atoms with E-state index in [2.05, 4.69) is 0 Å². The second kappa shape index (κ2) is 3.69. The highest BCUT2D eigenvalue weighted by atomic mass is 16.3. The molecule has 3 heteroatoms. The first-order valence-electron chi connectivity index (χ1n) is 6.06. The molecule has 0 saturated heterocycles. The molecule has 0 radical (unpaired) electrons. The first kappa shape index (κ1) is 10.5. The Morgan fingerprint density at radius 1 is 1.24 bits per heavy atom. The Morgan fingerprint density at radius 3 is 2.88 bits per heavy atom. The van der Waals surface area contributed by atoms with Crippen molar-refractivity contribution in [3.8, 4) is 5.75 Å². The van der Waals surface area contributed by atoms with Crippen molar-refractivity contribution in [2.45, 2.75) is 25.7 Å². The number of Topliss-reactive ketones (excluding diaryl/α,β-unsaturated/α-hetero) is 2. The highest BCUT2D eigenvalue weighted by molar-refractivity contribution is 6.14. The van der Waals surface area contributed by atoms with Crippen molar-refractivity contribution < 1.29 is 14.7 Å². The number of phenols is 1. The topological polar surface area (TPSA) is 54.4 Å². The molecule has 2 aliphatic carbocycles. The highest BCUT2D eigenvalue weighted by Gasteiger charge is 2.42. The number of hydrogen-bond acceptors (Lipinski definition) is 3. The third-order valence-electron chi connectivity index (χ3n) is 3.96. The van der Waals surface area contributed by atoms with Gasteiger partial charge in [0.1, 0.15) is 11.5 Å². The van der Waals surface area contributed by atoms with Crippen molar-refractivity contribution >= 4 is 11.6 Å². The predicted molar refractivity (Wildman–Crippen MR) is 62.0 cm³/mol. The Morgan fingerprint density at radius 2 is 2.06 bits per heavy atom. The van der Waals surface area contributed by atoms with Crippen LogP contribution in [0.3, 0.4) is 0 Å². The molecule has 3 rings (SSSR count). The fourth-order valence-corrected chi connectivity index (χ4v) is 3.18. The normalized spacial score (nSPS) is 27.5. The van der Waals surface area contributed by atoms with E-state index in [9.17, 15) is 14.7 Å². The number of benzene rings is 1. The highest BCUT2D eigenvalue weighted by Crippen LogP contribution is 2.40. The third kappa shape index (κ3) is 1.49. The molecule has 1 saturated carbocycles. The average Bonchev–Trinajstić information content (AvgIpc) is 2.28. The molecule has 2 aliphatic rings. The van der Waals surface area contributed by atoms with Crippen LogP contribution in [0.5, 0.6) is 5.75 Å². The number of phenolic OH excluding ortho intramolecular Hbond substituents is 1. The summed E-state index contributed by atoms with van der Waals surface area (Å²) in [7, 11) is 0. The summed E-state index contributed by atoms with van der Waals surface area (Å²) < 4.78 is 0. The van der Waals surface area contributed by atoms with Crippen molar-refractivity contribution in [3.63, 3.8) is 0 Å². The minimum atomic E-state index is -0.496. The number of rotatable bonds is 0. The molecule has 0 amide bonds. The number of ketones is 2. The summed E-state index contributed by atoms with van der Waals surface area (Å²) in [5, 5.41) is 9.77. The molecule has 1 N–H and O–H groups in total. The molecule has 1 aromatic rings. The van der Waals surface area contributed by atoms with Crippen LogP contribution < -0.4 is 0 Å². The lowest BCUT2D eigenvalue weighted by Gasteiger charge is -2.34. The Bertz CT molecular complexity index is 504. The Balaban J connectivity index is 2.11. The molecule has 17 heavy (non-hydrogen) atoms. The van der Waals surface area contributed by atoms with Gasteiger partial charge in [0.25, 0.3) is 0 Å². The number of hydrogen-bond donors (Lipinski definition) is 1. The fourth-order valence-electron chi connectivity index (χ4n) is 3.18. The fraction of sp³-hybridized carbons (Fsp3) is 0.429. The van der Waals surface area contributed by atoms with Gasteiger partial charge >= 0.3 is 0 Å². The molecule has 88 valence electrons. The maximum atomic E-state index is 12.3. The zero-order valence-electron chi connectivity index (χ0n) is 9.48. The lowest BCUT2D eigenvalue weighted by Crippen LogP contribution is -2.39. The van der Waals surface area contributed by atoms with Gasteiger partial charge in [-0.1, -0.05) is 12.1 Å². The quantitative estimate of drug-likeness (QED) is 0.694. The summed E-state index contributed by atoms with van der Waals surface area (Å²) in [5.41, 5.74) is 1.27. The lowest BCUT2D eigenvalue weighted by atomic mass is 9.67. The van der Waals surface area contributed by atoms with Gasteiger partial charge in [0.2, 0.25) is 0 Å². The van der Waals surface area contributed by atoms with Gasteiger partial charge in [-0.3, -0.25) is 9.59 Å². The standard InChI is InChI=1S/C14H14O3/c15-10-5-1-3-8-7-9-4-2-6-11(16)13(9)14(17)12(8)10/h1,3,5,9,13,15H,2,4,6-7H2. The van der Waals surface area contributed by atoms with Crippen LogP contribution in [0.25, 0.3) is 0 Å². The van der Waals surface area contributed by atoms with E-state index in [1.807, 2.05) is 6.07 Å². The van der Waals surface area contributed by atoms with Crippen LogP contribution in [0.1, 0.15) is 35.2 Å². The average molecular weight is 230 g/mol. The predicted octanol–water partition coefficient (Wildman–Crippen LogP) is 2.12. The van der Waals surface area contributed by atoms with E-state index in [1.54, 1.807) is 6.07 Å². The van der Waals surface area contributed by atoms with E-state index < -0.39 is 5.92 Å². The second-order valence-electron chi connectivity index (χ2n) is 4.98. The largest absolute Gasteiger partial charge is 0.507 e. The summed E-state index contributed by atoms with van der Waals surface area (Å²) >= 11 is 0. The van der Waals surface area contributed by atoms with Crippen LogP contribution in [0.15, 0.2) is 18.2 Å². The van der Waals surface area contributed by atoms with Crippen LogP contribution in [0.4, 0.5) is 0 Å². The van der Waals surface area contributed by atoms with Gasteiger partial charge in [-0.05, 0) is 36.8 Å². The molecule has 0 heterocycles. The number of carbonyl (C=O) groups excluding carboxylic acids is 2. The van der Waals surface area contributed by atoms with Crippen LogP contribution in [0, 0.1) is 11.8 Å². The van der Waals surface area contributed by atoms with E-state index in [0.717, 1.165) is 24.8 Å². The van der Waals surface area contributed by atoms with Crippen LogP contribution in [0.2, 0.25) is 0 Å². The minimum absolute atomic E-state index is 0.0179. The van der Waals surface area contributed by atoms with Gasteiger partial charge in [0.05, 0.1) is 11.5 Å². The Hall–Kier alpha value is -1.64. The molecule has 0 spiro atoms. The summed E-state index contributed by atoms with van der Waals surface area (Å²) in [6.07, 6.45) is 3.08. The molecular weight excluding hydrogens is 216 g/mol. The zero-order chi connectivity index (χ0) is 12.0. The Labute approximate surface area is 99.5 Å². The molecule has 0 aromatic heterocycles. The maximum Gasteiger partial charge on any atom is 0.177 e. The summed E-state index contributed by atoms with van der Waals surface area (Å²) in [6.45, 7) is 0. The van der Waals surface area contributed by atoms with Crippen LogP contribution in [-0.4, -0.2) is 16.7 Å². The molecule has 0 aliphatic heterocycles. The SMILES string of the molecule is O=C1CCCC2Cc3cccc(O)c3C(=O)C12. The van der Waals surface area contributed by atoms with Crippen molar-refractivity contribution in [2.75, 3.05) is 0 Å². The van der Waals surface area contributed by atoms with Gasteiger partial charge in [0.15, 0.2) is 5.78 Å². The van der Waals surface area contributed by atoms with Crippen molar-refractivity contribution in [1.82, 2.24) is 0 Å².